The van der Waals surface area contributed by atoms with Crippen LogP contribution in [0.1, 0.15) is 18.7 Å². The second-order valence-electron chi connectivity index (χ2n) is 4.08. The molecule has 4 heteroatoms. The minimum Gasteiger partial charge on any atom is -0.294 e. The third kappa shape index (κ3) is 1.46. The second kappa shape index (κ2) is 2.80. The highest BCUT2D eigenvalue weighted by Gasteiger charge is 2.26. The Balaban J connectivity index is 1.69. The average molecular weight is 178 g/mol. The molecule has 0 saturated heterocycles. The van der Waals surface area contributed by atoms with E-state index in [9.17, 15) is 0 Å². The zero-order valence-corrected chi connectivity index (χ0v) is 7.69. The van der Waals surface area contributed by atoms with Crippen molar-refractivity contribution in [3.63, 3.8) is 0 Å². The summed E-state index contributed by atoms with van der Waals surface area (Å²) >= 11 is 0. The molecule has 0 radical (unpaired) electrons. The van der Waals surface area contributed by atoms with Crippen LogP contribution in [-0.4, -0.2) is 32.8 Å². The van der Waals surface area contributed by atoms with E-state index in [2.05, 4.69) is 15.0 Å². The predicted molar refractivity (Wildman–Crippen MR) is 48.0 cm³/mol. The van der Waals surface area contributed by atoms with Crippen LogP contribution in [-0.2, 0) is 13.1 Å². The summed E-state index contributed by atoms with van der Waals surface area (Å²) in [5, 5.41) is 4.16. The molecule has 70 valence electrons. The van der Waals surface area contributed by atoms with Gasteiger partial charge in [0.2, 0.25) is 0 Å². The lowest BCUT2D eigenvalue weighted by molar-refractivity contribution is 0.201. The molecule has 2 aliphatic rings. The average Bonchev–Trinajstić information content (AvgIpc) is 2.83. The van der Waals surface area contributed by atoms with Gasteiger partial charge in [0, 0.05) is 13.1 Å². The quantitative estimate of drug-likeness (QED) is 0.661. The highest BCUT2D eigenvalue weighted by molar-refractivity contribution is 4.90. The van der Waals surface area contributed by atoms with E-state index in [-0.39, 0.29) is 0 Å². The molecule has 13 heavy (non-hydrogen) atoms. The largest absolute Gasteiger partial charge is 0.294 e. The Morgan fingerprint density at radius 1 is 1.38 bits per heavy atom. The Morgan fingerprint density at radius 2 is 2.31 bits per heavy atom. The monoisotopic (exact) mass is 178 g/mol. The fraction of sp³-hybridized carbons (Fsp3) is 0.778. The first-order valence-electron chi connectivity index (χ1n) is 5.01. The Labute approximate surface area is 77.6 Å². The van der Waals surface area contributed by atoms with Crippen molar-refractivity contribution in [1.29, 1.82) is 0 Å². The molecule has 0 amide bonds. The summed E-state index contributed by atoms with van der Waals surface area (Å²) in [6.45, 7) is 4.43. The zero-order valence-electron chi connectivity index (χ0n) is 7.69. The van der Waals surface area contributed by atoms with Gasteiger partial charge < -0.3 is 0 Å². The van der Waals surface area contributed by atoms with Crippen LogP contribution in [0.25, 0.3) is 0 Å². The van der Waals surface area contributed by atoms with Crippen molar-refractivity contribution >= 4 is 0 Å². The molecule has 0 unspecified atom stereocenters. The van der Waals surface area contributed by atoms with Gasteiger partial charge in [0.15, 0.2) is 0 Å². The molecule has 0 aromatic carbocycles. The van der Waals surface area contributed by atoms with Gasteiger partial charge in [-0.3, -0.25) is 4.90 Å². The van der Waals surface area contributed by atoms with Crippen LogP contribution in [0.4, 0.5) is 0 Å². The van der Waals surface area contributed by atoms with Crippen LogP contribution in [0.2, 0.25) is 0 Å². The smallest absolute Gasteiger partial charge is 0.141 e. The highest BCUT2D eigenvalue weighted by Crippen LogP contribution is 2.30. The van der Waals surface area contributed by atoms with Crippen LogP contribution >= 0.6 is 0 Å². The molecule has 0 spiro atoms. The molecule has 2 heterocycles. The number of rotatable bonds is 2. The summed E-state index contributed by atoms with van der Waals surface area (Å²) in [5.41, 5.74) is 0. The summed E-state index contributed by atoms with van der Waals surface area (Å²) in [6.07, 6.45) is 4.53. The van der Waals surface area contributed by atoms with Gasteiger partial charge in [0.25, 0.3) is 0 Å². The van der Waals surface area contributed by atoms with Crippen LogP contribution in [0.3, 0.4) is 0 Å². The van der Waals surface area contributed by atoms with Gasteiger partial charge >= 0.3 is 0 Å². The molecule has 1 aromatic heterocycles. The molecule has 1 fully saturated rings. The molecule has 1 aromatic rings. The van der Waals surface area contributed by atoms with Gasteiger partial charge in [-0.1, -0.05) is 0 Å². The standard InChI is InChI=1S/C9H14N4/c1-2-8(1)5-12-3-4-13-9(6-12)10-7-11-13/h7-8H,1-6H2. The summed E-state index contributed by atoms with van der Waals surface area (Å²) in [5.74, 6) is 2.11. The SMILES string of the molecule is c1nc2n(n1)CCN(CC1CC1)C2. The predicted octanol–water partition coefficient (Wildman–Crippen LogP) is 0.504. The Kier molecular flexibility index (Phi) is 1.62. The van der Waals surface area contributed by atoms with Gasteiger partial charge in [0.05, 0.1) is 13.1 Å². The summed E-state index contributed by atoms with van der Waals surface area (Å²) in [6, 6.07) is 0. The van der Waals surface area contributed by atoms with Gasteiger partial charge in [0.1, 0.15) is 12.2 Å². The third-order valence-electron chi connectivity index (χ3n) is 2.90. The molecule has 0 bridgehead atoms. The molecule has 1 aliphatic carbocycles. The van der Waals surface area contributed by atoms with E-state index in [1.54, 1.807) is 6.33 Å². The van der Waals surface area contributed by atoms with Crippen LogP contribution in [0.5, 0.6) is 0 Å². The second-order valence-corrected chi connectivity index (χ2v) is 4.08. The summed E-state index contributed by atoms with van der Waals surface area (Å²) in [4.78, 5) is 6.75. The maximum absolute atomic E-state index is 4.24. The van der Waals surface area contributed by atoms with Crippen molar-refractivity contribution in [2.45, 2.75) is 25.9 Å². The van der Waals surface area contributed by atoms with E-state index >= 15 is 0 Å². The number of nitrogens with zero attached hydrogens (tertiary/aromatic N) is 4. The van der Waals surface area contributed by atoms with Crippen LogP contribution < -0.4 is 0 Å². The zero-order chi connectivity index (χ0) is 8.67. The van der Waals surface area contributed by atoms with Gasteiger partial charge in [-0.05, 0) is 18.8 Å². The van der Waals surface area contributed by atoms with Gasteiger partial charge in [-0.15, -0.1) is 0 Å². The lowest BCUT2D eigenvalue weighted by atomic mass is 10.3. The van der Waals surface area contributed by atoms with Gasteiger partial charge in [-0.2, -0.15) is 5.10 Å². The fourth-order valence-electron chi connectivity index (χ4n) is 1.93. The van der Waals surface area contributed by atoms with E-state index < -0.39 is 0 Å². The highest BCUT2D eigenvalue weighted by atomic mass is 15.4. The van der Waals surface area contributed by atoms with Crippen LogP contribution in [0, 0.1) is 5.92 Å². The lowest BCUT2D eigenvalue weighted by Gasteiger charge is -2.26. The molecular weight excluding hydrogens is 164 g/mol. The number of hydrogen-bond donors (Lipinski definition) is 0. The first kappa shape index (κ1) is 7.50. The van der Waals surface area contributed by atoms with Gasteiger partial charge in [-0.25, -0.2) is 9.67 Å². The number of fused-ring (bicyclic) bond motifs is 1. The maximum Gasteiger partial charge on any atom is 0.141 e. The Morgan fingerprint density at radius 3 is 3.15 bits per heavy atom. The summed E-state index contributed by atoms with van der Waals surface area (Å²) in [7, 11) is 0. The number of aromatic nitrogens is 3. The van der Waals surface area contributed by atoms with E-state index in [4.69, 9.17) is 0 Å². The molecule has 4 nitrogen and oxygen atoms in total. The van der Waals surface area contributed by atoms with Crippen molar-refractivity contribution in [2.24, 2.45) is 5.92 Å². The minimum absolute atomic E-state index is 0.981. The van der Waals surface area contributed by atoms with E-state index in [0.717, 1.165) is 31.4 Å². The molecule has 3 rings (SSSR count). The van der Waals surface area contributed by atoms with E-state index in [1.807, 2.05) is 4.68 Å². The first-order chi connectivity index (χ1) is 6.42. The summed E-state index contributed by atoms with van der Waals surface area (Å²) < 4.78 is 2.02. The minimum atomic E-state index is 0.981. The Bertz CT molecular complexity index is 302. The van der Waals surface area contributed by atoms with Crippen molar-refractivity contribution in [2.75, 3.05) is 13.1 Å². The first-order valence-corrected chi connectivity index (χ1v) is 5.01. The Hall–Kier alpha value is -0.900. The van der Waals surface area contributed by atoms with Crippen molar-refractivity contribution in [1.82, 2.24) is 19.7 Å². The van der Waals surface area contributed by atoms with Crippen molar-refractivity contribution in [3.05, 3.63) is 12.2 Å². The molecular formula is C9H14N4. The van der Waals surface area contributed by atoms with E-state index in [0.29, 0.717) is 0 Å². The topological polar surface area (TPSA) is 34.0 Å². The van der Waals surface area contributed by atoms with Crippen molar-refractivity contribution < 1.29 is 0 Å². The third-order valence-corrected chi connectivity index (χ3v) is 2.90. The van der Waals surface area contributed by atoms with Crippen LogP contribution in [0.15, 0.2) is 6.33 Å². The molecule has 1 aliphatic heterocycles. The fourth-order valence-corrected chi connectivity index (χ4v) is 1.93. The van der Waals surface area contributed by atoms with Crippen molar-refractivity contribution in [3.8, 4) is 0 Å². The molecule has 0 atom stereocenters. The molecule has 1 saturated carbocycles. The van der Waals surface area contributed by atoms with E-state index in [1.165, 1.54) is 19.4 Å². The maximum atomic E-state index is 4.24. The molecule has 0 N–H and O–H groups in total. The number of hydrogen-bond acceptors (Lipinski definition) is 3. The normalized spacial score (nSPS) is 23.1. The lowest BCUT2D eigenvalue weighted by Crippen LogP contribution is -2.35.